The van der Waals surface area contributed by atoms with Gasteiger partial charge < -0.3 is 9.80 Å². The first-order valence-corrected chi connectivity index (χ1v) is 7.48. The molecule has 2 heteroatoms. The molecule has 2 nitrogen and oxygen atoms in total. The molecule has 1 radical (unpaired) electrons. The summed E-state index contributed by atoms with van der Waals surface area (Å²) >= 11 is 0. The Morgan fingerprint density at radius 3 is 2.58 bits per heavy atom. The van der Waals surface area contributed by atoms with Crippen molar-refractivity contribution in [2.24, 2.45) is 5.92 Å². The zero-order chi connectivity index (χ0) is 13.7. The van der Waals surface area contributed by atoms with Gasteiger partial charge in [0.1, 0.15) is 0 Å². The van der Waals surface area contributed by atoms with Gasteiger partial charge in [0.05, 0.1) is 0 Å². The van der Waals surface area contributed by atoms with Gasteiger partial charge in [-0.1, -0.05) is 18.2 Å². The second-order valence-corrected chi connectivity index (χ2v) is 6.18. The lowest BCUT2D eigenvalue weighted by molar-refractivity contribution is 0.164. The zero-order valence-corrected chi connectivity index (χ0v) is 12.7. The maximum Gasteiger partial charge on any atom is 0.00218 e. The fraction of sp³-hybridized carbons (Fsp3) is 0.647. The number of hydrogen-bond acceptors (Lipinski definition) is 2. The molecule has 1 aliphatic rings. The van der Waals surface area contributed by atoms with Crippen molar-refractivity contribution in [2.45, 2.75) is 26.2 Å². The van der Waals surface area contributed by atoms with Crippen molar-refractivity contribution in [3.8, 4) is 0 Å². The molecule has 0 aromatic heterocycles. The third-order valence-corrected chi connectivity index (χ3v) is 4.08. The van der Waals surface area contributed by atoms with Crippen molar-refractivity contribution in [1.82, 2.24) is 9.80 Å². The van der Waals surface area contributed by atoms with Crippen molar-refractivity contribution < 1.29 is 0 Å². The second-order valence-electron chi connectivity index (χ2n) is 6.18. The summed E-state index contributed by atoms with van der Waals surface area (Å²) in [6.07, 6.45) is 3.88. The monoisotopic (exact) mass is 259 g/mol. The van der Waals surface area contributed by atoms with Gasteiger partial charge in [0.15, 0.2) is 0 Å². The van der Waals surface area contributed by atoms with Gasteiger partial charge in [-0.2, -0.15) is 0 Å². The molecule has 1 saturated heterocycles. The van der Waals surface area contributed by atoms with Crippen LogP contribution in [0.25, 0.3) is 0 Å². The van der Waals surface area contributed by atoms with Gasteiger partial charge in [0.25, 0.3) is 0 Å². The highest BCUT2D eigenvalue weighted by atomic mass is 15.1. The molecule has 0 saturated carbocycles. The highest BCUT2D eigenvalue weighted by molar-refractivity contribution is 5.20. The van der Waals surface area contributed by atoms with Gasteiger partial charge in [0.2, 0.25) is 0 Å². The minimum absolute atomic E-state index is 0.902. The molecule has 1 aliphatic heterocycles. The van der Waals surface area contributed by atoms with E-state index in [1.165, 1.54) is 50.1 Å². The normalized spacial score (nSPS) is 18.1. The fourth-order valence-corrected chi connectivity index (χ4v) is 2.89. The maximum atomic E-state index is 3.29. The molecule has 105 valence electrons. The SMILES string of the molecule is Cc1[c]cc(CCN2CCC(CN(C)C)CC2)cc1. The molecule has 1 aromatic carbocycles. The highest BCUT2D eigenvalue weighted by Gasteiger charge is 2.19. The molecular weight excluding hydrogens is 232 g/mol. The van der Waals surface area contributed by atoms with Crippen molar-refractivity contribution >= 4 is 0 Å². The number of likely N-dealkylation sites (tertiary alicyclic amines) is 1. The van der Waals surface area contributed by atoms with Crippen LogP contribution in [0.2, 0.25) is 0 Å². The number of piperidine rings is 1. The Morgan fingerprint density at radius 1 is 1.26 bits per heavy atom. The molecule has 0 bridgehead atoms. The summed E-state index contributed by atoms with van der Waals surface area (Å²) in [4.78, 5) is 4.94. The Bertz CT molecular complexity index is 361. The van der Waals surface area contributed by atoms with Crippen molar-refractivity contribution in [3.63, 3.8) is 0 Å². The lowest BCUT2D eigenvalue weighted by Crippen LogP contribution is -2.38. The van der Waals surface area contributed by atoms with E-state index in [0.29, 0.717) is 0 Å². The summed E-state index contributed by atoms with van der Waals surface area (Å²) in [6, 6.07) is 9.85. The van der Waals surface area contributed by atoms with Crippen LogP contribution < -0.4 is 0 Å². The zero-order valence-electron chi connectivity index (χ0n) is 12.7. The van der Waals surface area contributed by atoms with E-state index in [2.05, 4.69) is 55.1 Å². The van der Waals surface area contributed by atoms with E-state index < -0.39 is 0 Å². The Kier molecular flexibility index (Phi) is 5.41. The number of nitrogens with zero attached hydrogens (tertiary/aromatic N) is 2. The topological polar surface area (TPSA) is 6.48 Å². The first-order valence-electron chi connectivity index (χ1n) is 7.48. The van der Waals surface area contributed by atoms with Crippen LogP contribution >= 0.6 is 0 Å². The smallest absolute Gasteiger partial charge is 0.00218 e. The van der Waals surface area contributed by atoms with Crippen LogP contribution in [0, 0.1) is 18.9 Å². The quantitative estimate of drug-likeness (QED) is 0.802. The molecular formula is C17H27N2. The summed E-state index contributed by atoms with van der Waals surface area (Å²) < 4.78 is 0. The van der Waals surface area contributed by atoms with Crippen molar-refractivity contribution in [1.29, 1.82) is 0 Å². The van der Waals surface area contributed by atoms with Crippen LogP contribution in [0.15, 0.2) is 18.2 Å². The van der Waals surface area contributed by atoms with Gasteiger partial charge in [-0.05, 0) is 76.5 Å². The second kappa shape index (κ2) is 7.06. The molecule has 0 spiro atoms. The van der Waals surface area contributed by atoms with E-state index in [1.807, 2.05) is 0 Å². The molecule has 0 N–H and O–H groups in total. The molecule has 0 aliphatic carbocycles. The average molecular weight is 259 g/mol. The third-order valence-electron chi connectivity index (χ3n) is 4.08. The molecule has 0 atom stereocenters. The summed E-state index contributed by atoms with van der Waals surface area (Å²) in [7, 11) is 4.36. The lowest BCUT2D eigenvalue weighted by atomic mass is 9.96. The number of hydrogen-bond donors (Lipinski definition) is 0. The molecule has 1 aromatic rings. The van der Waals surface area contributed by atoms with Crippen molar-refractivity contribution in [2.75, 3.05) is 40.3 Å². The van der Waals surface area contributed by atoms with Crippen LogP contribution in [-0.4, -0.2) is 50.1 Å². The molecule has 1 heterocycles. The summed E-state index contributed by atoms with van der Waals surface area (Å²) in [6.45, 7) is 7.09. The molecule has 19 heavy (non-hydrogen) atoms. The Labute approximate surface area is 118 Å². The minimum atomic E-state index is 0.902. The van der Waals surface area contributed by atoms with E-state index in [-0.39, 0.29) is 0 Å². The minimum Gasteiger partial charge on any atom is -0.309 e. The predicted molar refractivity (Wildman–Crippen MR) is 81.4 cm³/mol. The first-order chi connectivity index (χ1) is 9.13. The van der Waals surface area contributed by atoms with Gasteiger partial charge in [-0.3, -0.25) is 0 Å². The number of rotatable bonds is 5. The lowest BCUT2D eigenvalue weighted by Gasteiger charge is -2.33. The summed E-state index contributed by atoms with van der Waals surface area (Å²) in [5, 5.41) is 0. The summed E-state index contributed by atoms with van der Waals surface area (Å²) in [5.74, 6) is 0.902. The van der Waals surface area contributed by atoms with Crippen molar-refractivity contribution in [3.05, 3.63) is 35.4 Å². The predicted octanol–water partition coefficient (Wildman–Crippen LogP) is 2.61. The fourth-order valence-electron chi connectivity index (χ4n) is 2.89. The van der Waals surface area contributed by atoms with E-state index in [4.69, 9.17) is 0 Å². The maximum absolute atomic E-state index is 3.29. The highest BCUT2D eigenvalue weighted by Crippen LogP contribution is 2.18. The molecule has 0 unspecified atom stereocenters. The van der Waals surface area contributed by atoms with Crippen LogP contribution in [-0.2, 0) is 6.42 Å². The summed E-state index contributed by atoms with van der Waals surface area (Å²) in [5.41, 5.74) is 2.65. The Morgan fingerprint density at radius 2 is 2.00 bits per heavy atom. The van der Waals surface area contributed by atoms with Gasteiger partial charge >= 0.3 is 0 Å². The Hall–Kier alpha value is -0.860. The molecule has 1 fully saturated rings. The van der Waals surface area contributed by atoms with Gasteiger partial charge in [-0.25, -0.2) is 0 Å². The van der Waals surface area contributed by atoms with Crippen LogP contribution in [0.4, 0.5) is 0 Å². The first kappa shape index (κ1) is 14.5. The number of aryl methyl sites for hydroxylation is 1. The van der Waals surface area contributed by atoms with E-state index in [0.717, 1.165) is 12.3 Å². The third kappa shape index (κ3) is 4.96. The Balaban J connectivity index is 1.69. The van der Waals surface area contributed by atoms with Gasteiger partial charge in [0, 0.05) is 13.1 Å². The van der Waals surface area contributed by atoms with Crippen LogP contribution in [0.1, 0.15) is 24.0 Å². The van der Waals surface area contributed by atoms with E-state index in [9.17, 15) is 0 Å². The van der Waals surface area contributed by atoms with Crippen LogP contribution in [0.5, 0.6) is 0 Å². The van der Waals surface area contributed by atoms with Gasteiger partial charge in [-0.15, -0.1) is 0 Å². The average Bonchev–Trinajstić information content (AvgIpc) is 2.39. The number of benzene rings is 1. The van der Waals surface area contributed by atoms with E-state index in [1.54, 1.807) is 0 Å². The standard InChI is InChI=1S/C17H27N2/c1-15-4-6-16(7-5-15)8-11-19-12-9-17(10-13-19)14-18(2)3/h4,6-7,17H,8-14H2,1-3H3. The molecule has 2 rings (SSSR count). The largest absolute Gasteiger partial charge is 0.309 e. The molecule has 0 amide bonds. The van der Waals surface area contributed by atoms with E-state index >= 15 is 0 Å². The van der Waals surface area contributed by atoms with Crippen LogP contribution in [0.3, 0.4) is 0 Å².